The van der Waals surface area contributed by atoms with Gasteiger partial charge in [-0.25, -0.2) is 4.79 Å². The minimum absolute atomic E-state index is 0.112. The van der Waals surface area contributed by atoms with E-state index in [1.165, 1.54) is 0 Å². The van der Waals surface area contributed by atoms with Crippen molar-refractivity contribution in [2.45, 2.75) is 45.2 Å². The van der Waals surface area contributed by atoms with Crippen LogP contribution in [0.25, 0.3) is 0 Å². The van der Waals surface area contributed by atoms with Crippen molar-refractivity contribution in [3.8, 4) is 0 Å². The Kier molecular flexibility index (Phi) is 4.27. The van der Waals surface area contributed by atoms with Crippen LogP contribution in [0.1, 0.15) is 45.2 Å². The number of benzene rings is 1. The zero-order valence-corrected chi connectivity index (χ0v) is 15.2. The highest BCUT2D eigenvalue weighted by Gasteiger charge is 2.57. The van der Waals surface area contributed by atoms with Crippen LogP contribution in [0.5, 0.6) is 0 Å². The maximum Gasteiger partial charge on any atom is 0.322 e. The first-order chi connectivity index (χ1) is 11.6. The molecule has 1 heterocycles. The van der Waals surface area contributed by atoms with Gasteiger partial charge in [0.2, 0.25) is 5.91 Å². The molecule has 1 aliphatic heterocycles. The molecule has 1 aromatic carbocycles. The highest BCUT2D eigenvalue weighted by molar-refractivity contribution is 6.30. The van der Waals surface area contributed by atoms with Gasteiger partial charge in [-0.3, -0.25) is 14.9 Å². The Labute approximate surface area is 151 Å². The summed E-state index contributed by atoms with van der Waals surface area (Å²) in [7, 11) is 0. The fourth-order valence-electron chi connectivity index (χ4n) is 3.53. The summed E-state index contributed by atoms with van der Waals surface area (Å²) in [6, 6.07) is 6.75. The first kappa shape index (κ1) is 17.7. The Bertz CT molecular complexity index is 735. The maximum atomic E-state index is 12.7. The highest BCUT2D eigenvalue weighted by Crippen LogP contribution is 2.41. The zero-order chi connectivity index (χ0) is 18.4. The van der Waals surface area contributed by atoms with Crippen LogP contribution < -0.4 is 16.0 Å². The van der Waals surface area contributed by atoms with Gasteiger partial charge in [-0.05, 0) is 36.0 Å². The number of urea groups is 1. The molecule has 134 valence electrons. The first-order valence-corrected chi connectivity index (χ1v) is 8.68. The van der Waals surface area contributed by atoms with Gasteiger partial charge in [-0.1, -0.05) is 44.5 Å². The lowest BCUT2D eigenvalue weighted by Crippen LogP contribution is -2.60. The molecule has 1 unspecified atom stereocenters. The molecule has 1 saturated heterocycles. The third-order valence-corrected chi connectivity index (χ3v) is 5.14. The number of nitrogens with one attached hydrogen (secondary N) is 3. The molecule has 25 heavy (non-hydrogen) atoms. The van der Waals surface area contributed by atoms with Crippen molar-refractivity contribution < 1.29 is 14.4 Å². The van der Waals surface area contributed by atoms with E-state index in [-0.39, 0.29) is 29.2 Å². The molecule has 0 bridgehead atoms. The van der Waals surface area contributed by atoms with Crippen molar-refractivity contribution in [1.29, 1.82) is 0 Å². The molecular formula is C18H22ClN3O3. The number of rotatable bonds is 3. The van der Waals surface area contributed by atoms with Gasteiger partial charge >= 0.3 is 6.03 Å². The summed E-state index contributed by atoms with van der Waals surface area (Å²) in [4.78, 5) is 35.8. The molecule has 1 spiro atoms. The van der Waals surface area contributed by atoms with Gasteiger partial charge in [0.25, 0.3) is 5.91 Å². The van der Waals surface area contributed by atoms with Gasteiger partial charge in [-0.2, -0.15) is 0 Å². The Morgan fingerprint density at radius 1 is 1.32 bits per heavy atom. The highest BCUT2D eigenvalue weighted by atomic mass is 35.5. The summed E-state index contributed by atoms with van der Waals surface area (Å²) >= 11 is 6.09. The van der Waals surface area contributed by atoms with E-state index in [0.29, 0.717) is 17.9 Å². The normalized spacial score (nSPS) is 26.6. The second kappa shape index (κ2) is 6.02. The van der Waals surface area contributed by atoms with Crippen molar-refractivity contribution in [2.75, 3.05) is 0 Å². The summed E-state index contributed by atoms with van der Waals surface area (Å²) in [5.74, 6) is -0.753. The average molecular weight is 364 g/mol. The predicted molar refractivity (Wildman–Crippen MR) is 93.9 cm³/mol. The number of hydrogen-bond donors (Lipinski definition) is 3. The van der Waals surface area contributed by atoms with Gasteiger partial charge in [0.15, 0.2) is 0 Å². The van der Waals surface area contributed by atoms with Gasteiger partial charge < -0.3 is 10.6 Å². The van der Waals surface area contributed by atoms with Gasteiger partial charge in [0, 0.05) is 10.9 Å². The number of carbonyl (C=O) groups is 3. The molecule has 1 saturated carbocycles. The predicted octanol–water partition coefficient (Wildman–Crippen LogP) is 2.53. The lowest BCUT2D eigenvalue weighted by Gasteiger charge is -2.42. The summed E-state index contributed by atoms with van der Waals surface area (Å²) in [5.41, 5.74) is -0.179. The maximum absolute atomic E-state index is 12.7. The quantitative estimate of drug-likeness (QED) is 0.721. The lowest BCUT2D eigenvalue weighted by molar-refractivity contribution is -0.137. The number of halogens is 1. The number of imide groups is 1. The smallest absolute Gasteiger partial charge is 0.322 e. The van der Waals surface area contributed by atoms with Gasteiger partial charge in [-0.15, -0.1) is 0 Å². The zero-order valence-electron chi connectivity index (χ0n) is 14.5. The molecule has 0 radical (unpaired) electrons. The average Bonchev–Trinajstić information content (AvgIpc) is 2.76. The van der Waals surface area contributed by atoms with Gasteiger partial charge in [0.1, 0.15) is 5.54 Å². The van der Waals surface area contributed by atoms with E-state index in [2.05, 4.69) is 16.0 Å². The van der Waals surface area contributed by atoms with Crippen LogP contribution in [-0.4, -0.2) is 23.4 Å². The van der Waals surface area contributed by atoms with Crippen LogP contribution in [0.4, 0.5) is 4.79 Å². The minimum atomic E-state index is -0.910. The van der Waals surface area contributed by atoms with Crippen molar-refractivity contribution in [2.24, 2.45) is 11.3 Å². The van der Waals surface area contributed by atoms with E-state index >= 15 is 0 Å². The van der Waals surface area contributed by atoms with Crippen LogP contribution in [-0.2, 0) is 9.59 Å². The molecule has 2 aliphatic rings. The van der Waals surface area contributed by atoms with E-state index in [0.717, 1.165) is 5.56 Å². The Morgan fingerprint density at radius 3 is 2.52 bits per heavy atom. The van der Waals surface area contributed by atoms with E-state index in [4.69, 9.17) is 11.6 Å². The molecule has 1 aromatic rings. The molecule has 1 aliphatic carbocycles. The topological polar surface area (TPSA) is 87.3 Å². The van der Waals surface area contributed by atoms with E-state index < -0.39 is 11.6 Å². The van der Waals surface area contributed by atoms with Crippen LogP contribution in [0.3, 0.4) is 0 Å². The van der Waals surface area contributed by atoms with Crippen LogP contribution in [0, 0.1) is 11.3 Å². The van der Waals surface area contributed by atoms with Crippen molar-refractivity contribution >= 4 is 29.4 Å². The van der Waals surface area contributed by atoms with Crippen LogP contribution in [0.2, 0.25) is 5.02 Å². The van der Waals surface area contributed by atoms with Crippen molar-refractivity contribution in [3.05, 3.63) is 34.9 Å². The third kappa shape index (κ3) is 3.35. The molecule has 2 fully saturated rings. The van der Waals surface area contributed by atoms with Crippen LogP contribution >= 0.6 is 11.6 Å². The largest absolute Gasteiger partial charge is 0.349 e. The second-order valence-electron chi connectivity index (χ2n) is 7.96. The van der Waals surface area contributed by atoms with E-state index in [9.17, 15) is 14.4 Å². The first-order valence-electron chi connectivity index (χ1n) is 8.30. The Morgan fingerprint density at radius 2 is 2.00 bits per heavy atom. The standard InChI is InChI=1S/C18H22ClN3O3/c1-17(2,3)13(10-5-4-6-12(19)7-10)20-14(23)11-8-18(9-11)15(24)21-16(25)22-18/h4-7,11,13H,8-9H2,1-3H3,(H,20,23)(H2,21,22,24,25). The molecule has 3 N–H and O–H groups in total. The monoisotopic (exact) mass is 363 g/mol. The molecule has 6 nitrogen and oxygen atoms in total. The fraction of sp³-hybridized carbons (Fsp3) is 0.500. The number of hydrogen-bond acceptors (Lipinski definition) is 3. The van der Waals surface area contributed by atoms with Crippen LogP contribution in [0.15, 0.2) is 24.3 Å². The molecule has 3 rings (SSSR count). The van der Waals surface area contributed by atoms with E-state index in [1.807, 2.05) is 39.0 Å². The minimum Gasteiger partial charge on any atom is -0.349 e. The lowest BCUT2D eigenvalue weighted by atomic mass is 9.67. The number of carbonyl (C=O) groups excluding carboxylic acids is 3. The summed E-state index contributed by atoms with van der Waals surface area (Å²) in [6.45, 7) is 6.14. The molecule has 0 aromatic heterocycles. The van der Waals surface area contributed by atoms with Crippen molar-refractivity contribution in [1.82, 2.24) is 16.0 Å². The molecule has 7 heteroatoms. The van der Waals surface area contributed by atoms with Gasteiger partial charge in [0.05, 0.1) is 6.04 Å². The molecular weight excluding hydrogens is 342 g/mol. The Hall–Kier alpha value is -2.08. The van der Waals surface area contributed by atoms with E-state index in [1.54, 1.807) is 6.07 Å². The number of amides is 4. The summed E-state index contributed by atoms with van der Waals surface area (Å²) in [6.07, 6.45) is 0.644. The molecule has 4 amide bonds. The third-order valence-electron chi connectivity index (χ3n) is 4.91. The Balaban J connectivity index is 1.70. The fourth-order valence-corrected chi connectivity index (χ4v) is 3.73. The summed E-state index contributed by atoms with van der Waals surface area (Å²) < 4.78 is 0. The molecule has 1 atom stereocenters. The second-order valence-corrected chi connectivity index (χ2v) is 8.39. The van der Waals surface area contributed by atoms with Crippen molar-refractivity contribution in [3.63, 3.8) is 0 Å². The summed E-state index contributed by atoms with van der Waals surface area (Å²) in [5, 5.41) is 8.57. The SMILES string of the molecule is CC(C)(C)C(NC(=O)C1CC2(C1)NC(=O)NC2=O)c1cccc(Cl)c1.